The molecule has 0 bridgehead atoms. The summed E-state index contributed by atoms with van der Waals surface area (Å²) in [6, 6.07) is 0. The maximum Gasteiger partial charge on any atom is 0.337 e. The zero-order chi connectivity index (χ0) is 11.3. The highest BCUT2D eigenvalue weighted by Gasteiger charge is 2.14. The van der Waals surface area contributed by atoms with Crippen molar-refractivity contribution in [1.82, 2.24) is 0 Å². The van der Waals surface area contributed by atoms with E-state index in [0.717, 1.165) is 0 Å². The molecule has 0 fully saturated rings. The third-order valence-electron chi connectivity index (χ3n) is 1.86. The SMILES string of the molecule is C=C(C(=O)OCC)/C(C)=C(\C)C(=O)O. The first-order valence-corrected chi connectivity index (χ1v) is 4.19. The first kappa shape index (κ1) is 12.4. The van der Waals surface area contributed by atoms with E-state index in [-0.39, 0.29) is 17.8 Å². The normalized spacial score (nSPS) is 11.6. The molecule has 0 unspecified atom stereocenters. The number of hydrogen-bond acceptors (Lipinski definition) is 3. The van der Waals surface area contributed by atoms with Gasteiger partial charge in [0.15, 0.2) is 0 Å². The summed E-state index contributed by atoms with van der Waals surface area (Å²) in [6.45, 7) is 8.35. The maximum atomic E-state index is 11.2. The molecule has 0 heterocycles. The number of carboxylic acid groups (broad SMARTS) is 1. The van der Waals surface area contributed by atoms with Crippen molar-refractivity contribution in [2.24, 2.45) is 0 Å². The highest BCUT2D eigenvalue weighted by molar-refractivity contribution is 5.97. The standard InChI is InChI=1S/C10H14O4/c1-5-14-10(13)8(4)6(2)7(3)9(11)12/h4-5H2,1-3H3,(H,11,12)/b7-6+. The van der Waals surface area contributed by atoms with Crippen LogP contribution in [0.5, 0.6) is 0 Å². The minimum absolute atomic E-state index is 0.0896. The van der Waals surface area contributed by atoms with E-state index in [1.54, 1.807) is 6.92 Å². The Labute approximate surface area is 82.9 Å². The van der Waals surface area contributed by atoms with Gasteiger partial charge in [-0.05, 0) is 26.3 Å². The summed E-state index contributed by atoms with van der Waals surface area (Å²) >= 11 is 0. The van der Waals surface area contributed by atoms with Crippen molar-refractivity contribution in [3.8, 4) is 0 Å². The van der Waals surface area contributed by atoms with Crippen molar-refractivity contribution >= 4 is 11.9 Å². The average Bonchev–Trinajstić information content (AvgIpc) is 2.14. The van der Waals surface area contributed by atoms with Gasteiger partial charge in [0.1, 0.15) is 0 Å². The molecule has 0 saturated heterocycles. The molecule has 0 aromatic rings. The van der Waals surface area contributed by atoms with Gasteiger partial charge in [0.25, 0.3) is 0 Å². The average molecular weight is 198 g/mol. The lowest BCUT2D eigenvalue weighted by Crippen LogP contribution is -2.10. The second-order valence-electron chi connectivity index (χ2n) is 2.75. The summed E-state index contributed by atoms with van der Waals surface area (Å²) in [6.07, 6.45) is 0. The monoisotopic (exact) mass is 198 g/mol. The summed E-state index contributed by atoms with van der Waals surface area (Å²) in [5, 5.41) is 8.66. The van der Waals surface area contributed by atoms with Gasteiger partial charge in [-0.15, -0.1) is 0 Å². The molecule has 78 valence electrons. The van der Waals surface area contributed by atoms with E-state index in [4.69, 9.17) is 5.11 Å². The molecule has 0 saturated carbocycles. The number of carbonyl (C=O) groups is 2. The second kappa shape index (κ2) is 5.21. The first-order chi connectivity index (χ1) is 6.41. The zero-order valence-electron chi connectivity index (χ0n) is 8.59. The van der Waals surface area contributed by atoms with Crippen LogP contribution in [0.25, 0.3) is 0 Å². The largest absolute Gasteiger partial charge is 0.478 e. The molecule has 4 heteroatoms. The predicted molar refractivity (Wildman–Crippen MR) is 51.8 cm³/mol. The van der Waals surface area contributed by atoms with E-state index in [0.29, 0.717) is 5.57 Å². The molecule has 0 aromatic carbocycles. The molecule has 0 rings (SSSR count). The van der Waals surface area contributed by atoms with Gasteiger partial charge >= 0.3 is 11.9 Å². The second-order valence-corrected chi connectivity index (χ2v) is 2.75. The Kier molecular flexibility index (Phi) is 4.63. The van der Waals surface area contributed by atoms with E-state index < -0.39 is 11.9 Å². The fraction of sp³-hybridized carbons (Fsp3) is 0.400. The Bertz CT molecular complexity index is 299. The number of esters is 1. The lowest BCUT2D eigenvalue weighted by atomic mass is 10.0. The van der Waals surface area contributed by atoms with Crippen LogP contribution >= 0.6 is 0 Å². The van der Waals surface area contributed by atoms with E-state index in [1.165, 1.54) is 13.8 Å². The van der Waals surface area contributed by atoms with Gasteiger partial charge < -0.3 is 9.84 Å². The minimum Gasteiger partial charge on any atom is -0.478 e. The molecule has 1 N–H and O–H groups in total. The Hall–Kier alpha value is -1.58. The number of aliphatic carboxylic acids is 1. The fourth-order valence-corrected chi connectivity index (χ4v) is 0.758. The van der Waals surface area contributed by atoms with Crippen molar-refractivity contribution in [3.63, 3.8) is 0 Å². The Morgan fingerprint density at radius 3 is 2.14 bits per heavy atom. The van der Waals surface area contributed by atoms with Gasteiger partial charge in [0, 0.05) is 5.57 Å². The molecule has 0 spiro atoms. The van der Waals surface area contributed by atoms with Crippen LogP contribution in [-0.2, 0) is 14.3 Å². The molecular weight excluding hydrogens is 184 g/mol. The summed E-state index contributed by atoms with van der Waals surface area (Å²) in [5.41, 5.74) is 0.533. The molecule has 0 aliphatic rings. The molecule has 14 heavy (non-hydrogen) atoms. The van der Waals surface area contributed by atoms with Gasteiger partial charge in [-0.3, -0.25) is 0 Å². The van der Waals surface area contributed by atoms with Gasteiger partial charge in [-0.1, -0.05) is 6.58 Å². The van der Waals surface area contributed by atoms with E-state index >= 15 is 0 Å². The summed E-state index contributed by atoms with van der Waals surface area (Å²) in [4.78, 5) is 21.7. The van der Waals surface area contributed by atoms with Crippen molar-refractivity contribution < 1.29 is 19.4 Å². The highest BCUT2D eigenvalue weighted by Crippen LogP contribution is 2.14. The van der Waals surface area contributed by atoms with Crippen LogP contribution in [0.2, 0.25) is 0 Å². The van der Waals surface area contributed by atoms with Crippen molar-refractivity contribution in [1.29, 1.82) is 0 Å². The number of rotatable bonds is 4. The van der Waals surface area contributed by atoms with Gasteiger partial charge in [0.05, 0.1) is 12.2 Å². The van der Waals surface area contributed by atoms with E-state index in [2.05, 4.69) is 11.3 Å². The van der Waals surface area contributed by atoms with Gasteiger partial charge in [-0.2, -0.15) is 0 Å². The van der Waals surface area contributed by atoms with Crippen LogP contribution in [0.15, 0.2) is 23.3 Å². The topological polar surface area (TPSA) is 63.6 Å². The maximum absolute atomic E-state index is 11.2. The molecule has 0 aromatic heterocycles. The number of ether oxygens (including phenoxy) is 1. The predicted octanol–water partition coefficient (Wildman–Crippen LogP) is 1.53. The lowest BCUT2D eigenvalue weighted by molar-refractivity contribution is -0.138. The van der Waals surface area contributed by atoms with Crippen LogP contribution in [0.4, 0.5) is 0 Å². The van der Waals surface area contributed by atoms with Crippen LogP contribution < -0.4 is 0 Å². The number of hydrogen-bond donors (Lipinski definition) is 1. The fourth-order valence-electron chi connectivity index (χ4n) is 0.758. The molecule has 0 aliphatic carbocycles. The summed E-state index contributed by atoms with van der Waals surface area (Å²) < 4.78 is 4.69. The molecule has 0 radical (unpaired) electrons. The molecular formula is C10H14O4. The van der Waals surface area contributed by atoms with Gasteiger partial charge in [-0.25, -0.2) is 9.59 Å². The minimum atomic E-state index is -1.06. The smallest absolute Gasteiger partial charge is 0.337 e. The third-order valence-corrected chi connectivity index (χ3v) is 1.86. The van der Waals surface area contributed by atoms with Gasteiger partial charge in [0.2, 0.25) is 0 Å². The summed E-state index contributed by atoms with van der Waals surface area (Å²) in [7, 11) is 0. The summed E-state index contributed by atoms with van der Waals surface area (Å²) in [5.74, 6) is -1.64. The quantitative estimate of drug-likeness (QED) is 0.422. The Balaban J connectivity index is 4.78. The molecule has 4 nitrogen and oxygen atoms in total. The lowest BCUT2D eigenvalue weighted by Gasteiger charge is -2.06. The van der Waals surface area contributed by atoms with Crippen LogP contribution in [0, 0.1) is 0 Å². The zero-order valence-corrected chi connectivity index (χ0v) is 8.59. The number of carbonyl (C=O) groups excluding carboxylic acids is 1. The molecule has 0 aliphatic heterocycles. The van der Waals surface area contributed by atoms with Crippen molar-refractivity contribution in [3.05, 3.63) is 23.3 Å². The van der Waals surface area contributed by atoms with Crippen LogP contribution in [-0.4, -0.2) is 23.7 Å². The van der Waals surface area contributed by atoms with E-state index in [9.17, 15) is 9.59 Å². The Morgan fingerprint density at radius 2 is 1.79 bits per heavy atom. The van der Waals surface area contributed by atoms with E-state index in [1.807, 2.05) is 0 Å². The highest BCUT2D eigenvalue weighted by atomic mass is 16.5. The van der Waals surface area contributed by atoms with Crippen molar-refractivity contribution in [2.45, 2.75) is 20.8 Å². The van der Waals surface area contributed by atoms with Crippen LogP contribution in [0.1, 0.15) is 20.8 Å². The Morgan fingerprint density at radius 1 is 1.29 bits per heavy atom. The van der Waals surface area contributed by atoms with Crippen molar-refractivity contribution in [2.75, 3.05) is 6.61 Å². The number of carboxylic acids is 1. The van der Waals surface area contributed by atoms with Crippen LogP contribution in [0.3, 0.4) is 0 Å². The molecule has 0 atom stereocenters. The first-order valence-electron chi connectivity index (χ1n) is 4.19. The third kappa shape index (κ3) is 3.05. The molecule has 0 amide bonds.